The summed E-state index contributed by atoms with van der Waals surface area (Å²) >= 11 is 0. The van der Waals surface area contributed by atoms with Gasteiger partial charge in [0.1, 0.15) is 6.61 Å². The van der Waals surface area contributed by atoms with Crippen molar-refractivity contribution in [2.24, 2.45) is 5.92 Å². The molecule has 1 aliphatic rings. The van der Waals surface area contributed by atoms with Gasteiger partial charge in [-0.1, -0.05) is 5.92 Å². The van der Waals surface area contributed by atoms with Gasteiger partial charge >= 0.3 is 0 Å². The molecule has 0 aromatic heterocycles. The molecule has 0 spiro atoms. The van der Waals surface area contributed by atoms with Crippen molar-refractivity contribution in [2.75, 3.05) is 13.2 Å². The van der Waals surface area contributed by atoms with Crippen molar-refractivity contribution in [2.45, 2.75) is 32.0 Å². The van der Waals surface area contributed by atoms with Gasteiger partial charge in [-0.05, 0) is 19.3 Å². The first-order chi connectivity index (χ1) is 6.88. The highest BCUT2D eigenvalue weighted by Gasteiger charge is 2.25. The van der Waals surface area contributed by atoms with Crippen molar-refractivity contribution >= 4 is 0 Å². The third-order valence-electron chi connectivity index (χ3n) is 2.34. The van der Waals surface area contributed by atoms with Crippen LogP contribution < -0.4 is 0 Å². The van der Waals surface area contributed by atoms with Crippen LogP contribution in [0.15, 0.2) is 0 Å². The third kappa shape index (κ3) is 3.38. The van der Waals surface area contributed by atoms with E-state index in [1.807, 2.05) is 0 Å². The van der Waals surface area contributed by atoms with Crippen LogP contribution in [-0.2, 0) is 9.47 Å². The van der Waals surface area contributed by atoms with Crippen molar-refractivity contribution in [3.63, 3.8) is 0 Å². The Labute approximate surface area is 85.0 Å². The average Bonchev–Trinajstić information content (AvgIpc) is 2.24. The van der Waals surface area contributed by atoms with E-state index in [1.54, 1.807) is 0 Å². The minimum Gasteiger partial charge on any atom is -0.352 e. The molecule has 2 atom stereocenters. The molecule has 2 unspecified atom stereocenters. The van der Waals surface area contributed by atoms with Gasteiger partial charge < -0.3 is 9.47 Å². The zero-order valence-corrected chi connectivity index (χ0v) is 8.24. The van der Waals surface area contributed by atoms with Gasteiger partial charge in [0.25, 0.3) is 0 Å². The number of ether oxygens (including phenoxy) is 2. The van der Waals surface area contributed by atoms with Crippen LogP contribution in [0.3, 0.4) is 0 Å². The maximum absolute atomic E-state index is 8.50. The zero-order valence-electron chi connectivity index (χ0n) is 8.24. The molecule has 0 N–H and O–H groups in total. The molecule has 0 amide bonds. The molecule has 1 fully saturated rings. The van der Waals surface area contributed by atoms with Gasteiger partial charge in [0.2, 0.25) is 0 Å². The van der Waals surface area contributed by atoms with Crippen LogP contribution in [-0.4, -0.2) is 19.5 Å². The number of hydrogen-bond donors (Lipinski definition) is 0. The van der Waals surface area contributed by atoms with E-state index in [2.05, 4.69) is 12.0 Å². The van der Waals surface area contributed by atoms with E-state index in [0.717, 1.165) is 25.9 Å². The van der Waals surface area contributed by atoms with E-state index in [1.165, 1.54) is 0 Å². The lowest BCUT2D eigenvalue weighted by Crippen LogP contribution is -2.32. The zero-order chi connectivity index (χ0) is 10.2. The van der Waals surface area contributed by atoms with Gasteiger partial charge in [-0.2, -0.15) is 5.26 Å². The molecule has 0 radical (unpaired) electrons. The normalized spacial score (nSPS) is 26.4. The SMILES string of the molecule is C#CCOC1OCCCC1CCC#N. The van der Waals surface area contributed by atoms with Gasteiger partial charge in [0, 0.05) is 18.9 Å². The van der Waals surface area contributed by atoms with Gasteiger partial charge in [0.05, 0.1) is 6.07 Å². The van der Waals surface area contributed by atoms with Crippen LogP contribution >= 0.6 is 0 Å². The molecule has 0 aromatic rings. The fraction of sp³-hybridized carbons (Fsp3) is 0.727. The summed E-state index contributed by atoms with van der Waals surface area (Å²) in [4.78, 5) is 0. The van der Waals surface area contributed by atoms with Crippen LogP contribution in [0.1, 0.15) is 25.7 Å². The maximum atomic E-state index is 8.50. The lowest BCUT2D eigenvalue weighted by atomic mass is 9.95. The van der Waals surface area contributed by atoms with E-state index in [0.29, 0.717) is 12.3 Å². The summed E-state index contributed by atoms with van der Waals surface area (Å²) in [5.74, 6) is 2.75. The molecule has 0 saturated carbocycles. The summed E-state index contributed by atoms with van der Waals surface area (Å²) < 4.78 is 10.8. The van der Waals surface area contributed by atoms with Crippen LogP contribution in [0.2, 0.25) is 0 Å². The van der Waals surface area contributed by atoms with Gasteiger partial charge in [0.15, 0.2) is 6.29 Å². The summed E-state index contributed by atoms with van der Waals surface area (Å²) in [6, 6.07) is 2.14. The fourth-order valence-electron chi connectivity index (χ4n) is 1.66. The fourth-order valence-corrected chi connectivity index (χ4v) is 1.66. The first-order valence-electron chi connectivity index (χ1n) is 4.92. The standard InChI is InChI=1S/C11H15NO2/c1-2-8-13-11-10(5-3-7-12)6-4-9-14-11/h1,10-11H,3-6,8-9H2. The number of nitriles is 1. The summed E-state index contributed by atoms with van der Waals surface area (Å²) in [7, 11) is 0. The monoisotopic (exact) mass is 193 g/mol. The predicted molar refractivity (Wildman–Crippen MR) is 52.1 cm³/mol. The van der Waals surface area contributed by atoms with Gasteiger partial charge in [-0.25, -0.2) is 0 Å². The quantitative estimate of drug-likeness (QED) is 0.638. The Bertz CT molecular complexity index is 213. The molecule has 1 aliphatic heterocycles. The highest BCUT2D eigenvalue weighted by Crippen LogP contribution is 2.25. The second-order valence-electron chi connectivity index (χ2n) is 3.35. The molecule has 0 aliphatic carbocycles. The molecule has 0 aromatic carbocycles. The lowest BCUT2D eigenvalue weighted by Gasteiger charge is -2.30. The van der Waals surface area contributed by atoms with Crippen LogP contribution in [0.25, 0.3) is 0 Å². The summed E-state index contributed by atoms with van der Waals surface area (Å²) in [6.07, 6.45) is 8.42. The van der Waals surface area contributed by atoms with Crippen LogP contribution in [0.5, 0.6) is 0 Å². The second kappa shape index (κ2) is 6.43. The predicted octanol–water partition coefficient (Wildman–Crippen LogP) is 1.69. The number of hydrogen-bond acceptors (Lipinski definition) is 3. The highest BCUT2D eigenvalue weighted by atomic mass is 16.7. The summed E-state index contributed by atoms with van der Waals surface area (Å²) in [5, 5.41) is 8.50. The molecule has 1 heterocycles. The molecule has 3 nitrogen and oxygen atoms in total. The Hall–Kier alpha value is -1.03. The molecule has 14 heavy (non-hydrogen) atoms. The summed E-state index contributed by atoms with van der Waals surface area (Å²) in [6.45, 7) is 1.02. The molecule has 1 rings (SSSR count). The molecule has 3 heteroatoms. The highest BCUT2D eigenvalue weighted by molar-refractivity contribution is 4.84. The average molecular weight is 193 g/mol. The third-order valence-corrected chi connectivity index (χ3v) is 2.34. The van der Waals surface area contributed by atoms with Crippen molar-refractivity contribution in [3.8, 4) is 18.4 Å². The topological polar surface area (TPSA) is 42.2 Å². The smallest absolute Gasteiger partial charge is 0.161 e. The lowest BCUT2D eigenvalue weighted by molar-refractivity contribution is -0.186. The minimum atomic E-state index is -0.201. The van der Waals surface area contributed by atoms with Crippen LogP contribution in [0, 0.1) is 29.6 Å². The van der Waals surface area contributed by atoms with E-state index < -0.39 is 0 Å². The molecule has 0 bridgehead atoms. The Morgan fingerprint density at radius 2 is 2.43 bits per heavy atom. The van der Waals surface area contributed by atoms with E-state index >= 15 is 0 Å². The molecule has 1 saturated heterocycles. The maximum Gasteiger partial charge on any atom is 0.161 e. The Morgan fingerprint density at radius 1 is 1.57 bits per heavy atom. The van der Waals surface area contributed by atoms with E-state index in [-0.39, 0.29) is 12.9 Å². The molecular weight excluding hydrogens is 178 g/mol. The number of terminal acetylenes is 1. The van der Waals surface area contributed by atoms with E-state index in [4.69, 9.17) is 21.2 Å². The first-order valence-corrected chi connectivity index (χ1v) is 4.92. The molecular formula is C11H15NO2. The number of rotatable bonds is 4. The first kappa shape index (κ1) is 11.0. The largest absolute Gasteiger partial charge is 0.352 e. The van der Waals surface area contributed by atoms with Gasteiger partial charge in [-0.3, -0.25) is 0 Å². The van der Waals surface area contributed by atoms with Gasteiger partial charge in [-0.15, -0.1) is 6.42 Å². The molecule has 76 valence electrons. The van der Waals surface area contributed by atoms with Crippen molar-refractivity contribution in [1.29, 1.82) is 5.26 Å². The van der Waals surface area contributed by atoms with Crippen LogP contribution in [0.4, 0.5) is 0 Å². The van der Waals surface area contributed by atoms with Crippen molar-refractivity contribution in [3.05, 3.63) is 0 Å². The number of nitrogens with zero attached hydrogens (tertiary/aromatic N) is 1. The summed E-state index contributed by atoms with van der Waals surface area (Å²) in [5.41, 5.74) is 0. The Kier molecular flexibility index (Phi) is 5.07. The second-order valence-corrected chi connectivity index (χ2v) is 3.35. The Morgan fingerprint density at radius 3 is 3.14 bits per heavy atom. The van der Waals surface area contributed by atoms with Crippen molar-refractivity contribution < 1.29 is 9.47 Å². The Balaban J connectivity index is 2.35. The minimum absolute atomic E-state index is 0.201. The van der Waals surface area contributed by atoms with E-state index in [9.17, 15) is 0 Å². The van der Waals surface area contributed by atoms with Crippen molar-refractivity contribution in [1.82, 2.24) is 0 Å².